The van der Waals surface area contributed by atoms with Gasteiger partial charge in [0.05, 0.1) is 0 Å². The van der Waals surface area contributed by atoms with E-state index in [-0.39, 0.29) is 0 Å². The molecule has 12 heavy (non-hydrogen) atoms. The number of carboxylic acids is 3. The van der Waals surface area contributed by atoms with Gasteiger partial charge in [0.1, 0.15) is 0 Å². The van der Waals surface area contributed by atoms with Crippen molar-refractivity contribution in [2.24, 2.45) is 5.92 Å². The lowest BCUT2D eigenvalue weighted by Crippen LogP contribution is -2.21. The third-order valence-electron chi connectivity index (χ3n) is 0.963. The van der Waals surface area contributed by atoms with Crippen molar-refractivity contribution >= 4 is 17.9 Å². The Morgan fingerprint density at radius 2 is 1.42 bits per heavy atom. The Bertz CT molecular complexity index is 226. The molecule has 0 rings (SSSR count). The van der Waals surface area contributed by atoms with E-state index >= 15 is 0 Å². The topological polar surface area (TPSA) is 112 Å². The SMILES string of the molecule is O=C(O)C=CC(C(=O)O)C(=O)O. The first-order valence-electron chi connectivity index (χ1n) is 2.82. The molecule has 0 atom stereocenters. The molecule has 3 N–H and O–H groups in total. The summed E-state index contributed by atoms with van der Waals surface area (Å²) in [4.78, 5) is 30.1. The molecule has 6 heteroatoms. The fourth-order valence-corrected chi connectivity index (χ4v) is 0.449. The lowest BCUT2D eigenvalue weighted by Gasteiger charge is -1.97. The number of carboxylic acid groups (broad SMARTS) is 3. The molecule has 0 aliphatic heterocycles. The monoisotopic (exact) mass is 174 g/mol. The van der Waals surface area contributed by atoms with Gasteiger partial charge in [0.25, 0.3) is 0 Å². The Morgan fingerprint density at radius 1 is 1.00 bits per heavy atom. The van der Waals surface area contributed by atoms with Gasteiger partial charge in [-0.05, 0) is 0 Å². The predicted molar refractivity (Wildman–Crippen MR) is 35.5 cm³/mol. The van der Waals surface area contributed by atoms with Gasteiger partial charge in [-0.1, -0.05) is 6.08 Å². The first kappa shape index (κ1) is 10.2. The van der Waals surface area contributed by atoms with Gasteiger partial charge in [-0.25, -0.2) is 4.79 Å². The highest BCUT2D eigenvalue weighted by Crippen LogP contribution is 1.98. The third-order valence-corrected chi connectivity index (χ3v) is 0.963. The van der Waals surface area contributed by atoms with Crippen molar-refractivity contribution in [3.63, 3.8) is 0 Å². The Kier molecular flexibility index (Phi) is 3.48. The van der Waals surface area contributed by atoms with E-state index in [9.17, 15) is 14.4 Å². The normalized spacial score (nSPS) is 10.4. The second kappa shape index (κ2) is 4.12. The van der Waals surface area contributed by atoms with E-state index in [1.165, 1.54) is 0 Å². The number of hydrogen-bond donors (Lipinski definition) is 3. The van der Waals surface area contributed by atoms with Crippen LogP contribution in [0.4, 0.5) is 0 Å². The lowest BCUT2D eigenvalue weighted by atomic mass is 10.1. The van der Waals surface area contributed by atoms with Crippen LogP contribution in [0.15, 0.2) is 12.2 Å². The molecule has 0 amide bonds. The van der Waals surface area contributed by atoms with Gasteiger partial charge in [0.2, 0.25) is 0 Å². The summed E-state index contributed by atoms with van der Waals surface area (Å²) in [7, 11) is 0. The smallest absolute Gasteiger partial charge is 0.328 e. The van der Waals surface area contributed by atoms with E-state index in [0.717, 1.165) is 0 Å². The molecule has 0 unspecified atom stereocenters. The summed E-state index contributed by atoms with van der Waals surface area (Å²) in [6.45, 7) is 0. The molecule has 0 aromatic carbocycles. The minimum absolute atomic E-state index is 0.479. The van der Waals surface area contributed by atoms with Crippen molar-refractivity contribution in [2.45, 2.75) is 0 Å². The van der Waals surface area contributed by atoms with Crippen LogP contribution in [-0.2, 0) is 14.4 Å². The molecular formula is C6H6O6. The molecule has 0 aliphatic rings. The number of hydrogen-bond acceptors (Lipinski definition) is 3. The Morgan fingerprint density at radius 3 is 1.67 bits per heavy atom. The van der Waals surface area contributed by atoms with Crippen LogP contribution in [-0.4, -0.2) is 33.2 Å². The lowest BCUT2D eigenvalue weighted by molar-refractivity contribution is -0.151. The molecule has 0 radical (unpaired) electrons. The maximum Gasteiger partial charge on any atom is 0.328 e. The molecule has 0 aromatic heterocycles. The van der Waals surface area contributed by atoms with Crippen LogP contribution in [0.1, 0.15) is 0 Å². The number of rotatable bonds is 4. The Labute approximate surface area is 66.7 Å². The van der Waals surface area contributed by atoms with E-state index in [4.69, 9.17) is 15.3 Å². The van der Waals surface area contributed by atoms with Gasteiger partial charge in [-0.3, -0.25) is 9.59 Å². The first-order chi connectivity index (χ1) is 5.45. The molecule has 0 spiro atoms. The zero-order valence-corrected chi connectivity index (χ0v) is 5.80. The summed E-state index contributed by atoms with van der Waals surface area (Å²) < 4.78 is 0. The molecule has 0 saturated carbocycles. The van der Waals surface area contributed by atoms with Crippen molar-refractivity contribution in [1.82, 2.24) is 0 Å². The quantitative estimate of drug-likeness (QED) is 0.388. The standard InChI is InChI=1S/C6H6O6/c7-4(8)2-1-3(5(9)10)6(11)12/h1-3H,(H,7,8)(H,9,10)(H,11,12). The van der Waals surface area contributed by atoms with Gasteiger partial charge in [0.15, 0.2) is 5.92 Å². The highest BCUT2D eigenvalue weighted by atomic mass is 16.4. The molecule has 0 saturated heterocycles. The summed E-state index contributed by atoms with van der Waals surface area (Å²) >= 11 is 0. The second-order valence-corrected chi connectivity index (χ2v) is 1.85. The van der Waals surface area contributed by atoms with Crippen molar-refractivity contribution in [3.05, 3.63) is 12.2 Å². The summed E-state index contributed by atoms with van der Waals surface area (Å²) in [6.07, 6.45) is 1.07. The molecule has 0 bridgehead atoms. The van der Waals surface area contributed by atoms with E-state index in [2.05, 4.69) is 0 Å². The fourth-order valence-electron chi connectivity index (χ4n) is 0.449. The molecule has 0 fully saturated rings. The minimum Gasteiger partial charge on any atom is -0.480 e. The third kappa shape index (κ3) is 3.35. The van der Waals surface area contributed by atoms with E-state index in [1.807, 2.05) is 0 Å². The first-order valence-corrected chi connectivity index (χ1v) is 2.82. The maximum absolute atomic E-state index is 10.1. The molecule has 0 aliphatic carbocycles. The highest BCUT2D eigenvalue weighted by molar-refractivity contribution is 5.96. The zero-order chi connectivity index (χ0) is 9.72. The van der Waals surface area contributed by atoms with Crippen LogP contribution in [0.5, 0.6) is 0 Å². The van der Waals surface area contributed by atoms with Crippen LogP contribution >= 0.6 is 0 Å². The Balaban J connectivity index is 4.44. The molecule has 66 valence electrons. The Hall–Kier alpha value is -1.85. The second-order valence-electron chi connectivity index (χ2n) is 1.85. The summed E-state index contributed by atoms with van der Waals surface area (Å²) in [6, 6.07) is 0. The van der Waals surface area contributed by atoms with Gasteiger partial charge in [0, 0.05) is 6.08 Å². The molecule has 6 nitrogen and oxygen atoms in total. The maximum atomic E-state index is 10.1. The van der Waals surface area contributed by atoms with E-state index < -0.39 is 23.8 Å². The summed E-state index contributed by atoms with van der Waals surface area (Å²) in [5, 5.41) is 24.5. The number of carbonyl (C=O) groups is 3. The van der Waals surface area contributed by atoms with Gasteiger partial charge in [-0.2, -0.15) is 0 Å². The van der Waals surface area contributed by atoms with Crippen LogP contribution < -0.4 is 0 Å². The van der Waals surface area contributed by atoms with Crippen molar-refractivity contribution < 1.29 is 29.7 Å². The average Bonchev–Trinajstić information content (AvgIpc) is 1.84. The van der Waals surface area contributed by atoms with Crippen molar-refractivity contribution in [1.29, 1.82) is 0 Å². The van der Waals surface area contributed by atoms with Crippen LogP contribution in [0.2, 0.25) is 0 Å². The summed E-state index contributed by atoms with van der Waals surface area (Å²) in [5.41, 5.74) is 0. The van der Waals surface area contributed by atoms with E-state index in [1.54, 1.807) is 0 Å². The predicted octanol–water partition coefficient (Wildman–Crippen LogP) is -0.587. The van der Waals surface area contributed by atoms with Crippen LogP contribution in [0, 0.1) is 5.92 Å². The van der Waals surface area contributed by atoms with Crippen LogP contribution in [0.25, 0.3) is 0 Å². The molecular weight excluding hydrogens is 168 g/mol. The largest absolute Gasteiger partial charge is 0.480 e. The summed E-state index contributed by atoms with van der Waals surface area (Å²) in [5.74, 6) is -6.39. The van der Waals surface area contributed by atoms with Crippen molar-refractivity contribution in [3.8, 4) is 0 Å². The van der Waals surface area contributed by atoms with Crippen molar-refractivity contribution in [2.75, 3.05) is 0 Å². The van der Waals surface area contributed by atoms with Gasteiger partial charge in [-0.15, -0.1) is 0 Å². The minimum atomic E-state index is -1.80. The zero-order valence-electron chi connectivity index (χ0n) is 5.80. The highest BCUT2D eigenvalue weighted by Gasteiger charge is 2.22. The fraction of sp³-hybridized carbons (Fsp3) is 0.167. The van der Waals surface area contributed by atoms with Gasteiger partial charge >= 0.3 is 17.9 Å². The molecule has 0 heterocycles. The van der Waals surface area contributed by atoms with Gasteiger partial charge < -0.3 is 15.3 Å². The average molecular weight is 174 g/mol. The molecule has 0 aromatic rings. The van der Waals surface area contributed by atoms with Crippen LogP contribution in [0.3, 0.4) is 0 Å². The van der Waals surface area contributed by atoms with E-state index in [0.29, 0.717) is 12.2 Å². The number of aliphatic carboxylic acids is 3.